The largest absolute Gasteiger partial charge is 0.493 e. The predicted molar refractivity (Wildman–Crippen MR) is 106 cm³/mol. The predicted octanol–water partition coefficient (Wildman–Crippen LogP) is 5.70. The van der Waals surface area contributed by atoms with Crippen molar-refractivity contribution in [2.75, 3.05) is 6.61 Å². The smallest absolute Gasteiger partial charge is 0.137 e. The molecule has 0 aliphatic carbocycles. The van der Waals surface area contributed by atoms with E-state index in [-0.39, 0.29) is 0 Å². The van der Waals surface area contributed by atoms with Gasteiger partial charge in [0.25, 0.3) is 0 Å². The molecule has 2 heterocycles. The van der Waals surface area contributed by atoms with E-state index in [0.29, 0.717) is 5.92 Å². The highest BCUT2D eigenvalue weighted by Gasteiger charge is 2.07. The van der Waals surface area contributed by atoms with E-state index in [2.05, 4.69) is 65.8 Å². The number of imidazole rings is 1. The maximum Gasteiger partial charge on any atom is 0.137 e. The summed E-state index contributed by atoms with van der Waals surface area (Å²) in [5.41, 5.74) is 5.53. The van der Waals surface area contributed by atoms with Crippen LogP contribution in [0.4, 0.5) is 0 Å². The minimum absolute atomic E-state index is 0.524. The summed E-state index contributed by atoms with van der Waals surface area (Å²) in [5.74, 6) is 1.44. The van der Waals surface area contributed by atoms with Gasteiger partial charge in [-0.15, -0.1) is 0 Å². The lowest BCUT2D eigenvalue weighted by molar-refractivity contribution is 0.271. The second kappa shape index (κ2) is 7.04. The third-order valence-electron chi connectivity index (χ3n) is 4.35. The number of aromatic nitrogens is 2. The highest BCUT2D eigenvalue weighted by atomic mass is 16.5. The summed E-state index contributed by atoms with van der Waals surface area (Å²) in [5, 5.41) is 0. The first-order valence-electron chi connectivity index (χ1n) is 8.96. The molecule has 4 rings (SSSR count). The van der Waals surface area contributed by atoms with Crippen molar-refractivity contribution in [1.82, 2.24) is 9.38 Å². The minimum Gasteiger partial charge on any atom is -0.493 e. The summed E-state index contributed by atoms with van der Waals surface area (Å²) >= 11 is 0. The van der Waals surface area contributed by atoms with Gasteiger partial charge in [-0.25, -0.2) is 4.98 Å². The van der Waals surface area contributed by atoms with E-state index < -0.39 is 0 Å². The van der Waals surface area contributed by atoms with E-state index >= 15 is 0 Å². The summed E-state index contributed by atoms with van der Waals surface area (Å²) in [4.78, 5) is 4.59. The number of pyridine rings is 1. The summed E-state index contributed by atoms with van der Waals surface area (Å²) in [7, 11) is 0. The summed E-state index contributed by atoms with van der Waals surface area (Å²) in [6, 6.07) is 22.8. The number of benzene rings is 2. The molecule has 0 fully saturated rings. The number of fused-ring (bicyclic) bond motifs is 1. The molecule has 0 aliphatic heterocycles. The van der Waals surface area contributed by atoms with Crippen LogP contribution >= 0.6 is 0 Å². The molecule has 4 aromatic rings. The van der Waals surface area contributed by atoms with Crippen LogP contribution in [0, 0.1) is 5.92 Å². The standard InChI is InChI=1S/C23H22N2O/c1-17(2)16-26-21-10-8-18(9-11-21)20-12-13-25-22(15-24-23(25)14-20)19-6-4-3-5-7-19/h3-15,17H,16H2,1-2H3. The topological polar surface area (TPSA) is 26.5 Å². The van der Waals surface area contributed by atoms with E-state index in [1.807, 2.05) is 36.5 Å². The molecule has 2 aromatic carbocycles. The first kappa shape index (κ1) is 16.4. The van der Waals surface area contributed by atoms with Crippen molar-refractivity contribution in [3.8, 4) is 28.1 Å². The van der Waals surface area contributed by atoms with Crippen molar-refractivity contribution in [2.24, 2.45) is 5.92 Å². The van der Waals surface area contributed by atoms with Crippen LogP contribution in [0.1, 0.15) is 13.8 Å². The third-order valence-corrected chi connectivity index (χ3v) is 4.35. The minimum atomic E-state index is 0.524. The van der Waals surface area contributed by atoms with Crippen LogP contribution in [-0.4, -0.2) is 16.0 Å². The van der Waals surface area contributed by atoms with Gasteiger partial charge < -0.3 is 4.74 Å². The number of hydrogen-bond acceptors (Lipinski definition) is 2. The first-order chi connectivity index (χ1) is 12.7. The zero-order chi connectivity index (χ0) is 17.9. The molecule has 3 nitrogen and oxygen atoms in total. The normalized spacial score (nSPS) is 11.2. The Morgan fingerprint density at radius 3 is 2.38 bits per heavy atom. The van der Waals surface area contributed by atoms with E-state index in [1.165, 1.54) is 5.56 Å². The SMILES string of the molecule is CC(C)COc1ccc(-c2ccn3c(-c4ccccc4)cnc3c2)cc1. The molecule has 0 atom stereocenters. The molecule has 130 valence electrons. The van der Waals surface area contributed by atoms with Crippen LogP contribution in [0.3, 0.4) is 0 Å². The van der Waals surface area contributed by atoms with Crippen LogP contribution in [0.2, 0.25) is 0 Å². The van der Waals surface area contributed by atoms with Crippen LogP contribution < -0.4 is 4.74 Å². The fourth-order valence-corrected chi connectivity index (χ4v) is 2.99. The molecule has 3 heteroatoms. The molecule has 0 unspecified atom stereocenters. The Hall–Kier alpha value is -3.07. The molecule has 0 aliphatic rings. The molecule has 0 saturated carbocycles. The van der Waals surface area contributed by atoms with Crippen molar-refractivity contribution in [3.05, 3.63) is 79.1 Å². The third kappa shape index (κ3) is 3.33. The zero-order valence-electron chi connectivity index (χ0n) is 15.1. The van der Waals surface area contributed by atoms with E-state index in [1.54, 1.807) is 0 Å². The molecule has 0 radical (unpaired) electrons. The van der Waals surface area contributed by atoms with Gasteiger partial charge in [-0.05, 0) is 41.3 Å². The summed E-state index contributed by atoms with van der Waals surface area (Å²) in [6.45, 7) is 5.04. The lowest BCUT2D eigenvalue weighted by atomic mass is 10.1. The van der Waals surface area contributed by atoms with Gasteiger partial charge in [-0.2, -0.15) is 0 Å². The average molecular weight is 342 g/mol. The Morgan fingerprint density at radius 1 is 0.885 bits per heavy atom. The van der Waals surface area contributed by atoms with Crippen molar-refractivity contribution in [3.63, 3.8) is 0 Å². The fourth-order valence-electron chi connectivity index (χ4n) is 2.99. The number of ether oxygens (including phenoxy) is 1. The molecule has 0 bridgehead atoms. The van der Waals surface area contributed by atoms with E-state index in [9.17, 15) is 0 Å². The van der Waals surface area contributed by atoms with Gasteiger partial charge in [0.05, 0.1) is 18.5 Å². The quantitative estimate of drug-likeness (QED) is 0.465. The fraction of sp³-hybridized carbons (Fsp3) is 0.174. The van der Waals surface area contributed by atoms with Gasteiger partial charge in [0.2, 0.25) is 0 Å². The van der Waals surface area contributed by atoms with Crippen LogP contribution in [-0.2, 0) is 0 Å². The zero-order valence-corrected chi connectivity index (χ0v) is 15.1. The van der Waals surface area contributed by atoms with Crippen LogP contribution in [0.5, 0.6) is 5.75 Å². The van der Waals surface area contributed by atoms with Gasteiger partial charge in [0, 0.05) is 11.8 Å². The molecular formula is C23H22N2O. The second-order valence-electron chi connectivity index (χ2n) is 6.88. The van der Waals surface area contributed by atoms with E-state index in [0.717, 1.165) is 34.8 Å². The van der Waals surface area contributed by atoms with Gasteiger partial charge >= 0.3 is 0 Å². The average Bonchev–Trinajstić information content (AvgIpc) is 3.10. The highest BCUT2D eigenvalue weighted by Crippen LogP contribution is 2.26. The molecule has 0 spiro atoms. The summed E-state index contributed by atoms with van der Waals surface area (Å²) in [6.07, 6.45) is 4.01. The number of hydrogen-bond donors (Lipinski definition) is 0. The van der Waals surface area contributed by atoms with Crippen LogP contribution in [0.25, 0.3) is 28.0 Å². The Kier molecular flexibility index (Phi) is 4.44. The molecule has 2 aromatic heterocycles. The molecular weight excluding hydrogens is 320 g/mol. The lowest BCUT2D eigenvalue weighted by Gasteiger charge is -2.09. The maximum atomic E-state index is 5.76. The van der Waals surface area contributed by atoms with Crippen molar-refractivity contribution >= 4 is 5.65 Å². The molecule has 0 N–H and O–H groups in total. The Labute approximate surface area is 153 Å². The Balaban J connectivity index is 1.62. The summed E-state index contributed by atoms with van der Waals surface area (Å²) < 4.78 is 7.89. The second-order valence-corrected chi connectivity index (χ2v) is 6.88. The van der Waals surface area contributed by atoms with Crippen LogP contribution in [0.15, 0.2) is 79.1 Å². The monoisotopic (exact) mass is 342 g/mol. The Bertz CT molecular complexity index is 1000. The van der Waals surface area contributed by atoms with Crippen molar-refractivity contribution < 1.29 is 4.74 Å². The van der Waals surface area contributed by atoms with Gasteiger partial charge in [0.1, 0.15) is 11.4 Å². The Morgan fingerprint density at radius 2 is 1.65 bits per heavy atom. The van der Waals surface area contributed by atoms with Crippen molar-refractivity contribution in [2.45, 2.75) is 13.8 Å². The molecule has 26 heavy (non-hydrogen) atoms. The maximum absolute atomic E-state index is 5.76. The number of nitrogens with zero attached hydrogens (tertiary/aromatic N) is 2. The molecule has 0 saturated heterocycles. The van der Waals surface area contributed by atoms with E-state index in [4.69, 9.17) is 4.74 Å². The number of rotatable bonds is 5. The first-order valence-corrected chi connectivity index (χ1v) is 8.96. The van der Waals surface area contributed by atoms with Gasteiger partial charge in [-0.1, -0.05) is 56.3 Å². The molecule has 0 amide bonds. The van der Waals surface area contributed by atoms with Gasteiger partial charge in [0.15, 0.2) is 0 Å². The van der Waals surface area contributed by atoms with Crippen molar-refractivity contribution in [1.29, 1.82) is 0 Å². The lowest BCUT2D eigenvalue weighted by Crippen LogP contribution is -2.04. The van der Waals surface area contributed by atoms with Gasteiger partial charge in [-0.3, -0.25) is 4.40 Å². The highest BCUT2D eigenvalue weighted by molar-refractivity contribution is 5.71.